The molecule has 0 aliphatic carbocycles. The van der Waals surface area contributed by atoms with Gasteiger partial charge in [0.15, 0.2) is 0 Å². The van der Waals surface area contributed by atoms with Crippen molar-refractivity contribution in [3.63, 3.8) is 0 Å². The molecule has 1 aliphatic heterocycles. The number of amides is 1. The lowest BCUT2D eigenvalue weighted by molar-refractivity contribution is -0.115. The average molecular weight is 372 g/mol. The van der Waals surface area contributed by atoms with Gasteiger partial charge in [-0.15, -0.1) is 0 Å². The maximum absolute atomic E-state index is 12.8. The molecule has 0 saturated carbocycles. The summed E-state index contributed by atoms with van der Waals surface area (Å²) in [7, 11) is -3.53. The Hall–Kier alpha value is -2.34. The summed E-state index contributed by atoms with van der Waals surface area (Å²) in [6.45, 7) is 2.49. The Morgan fingerprint density at radius 1 is 1.12 bits per heavy atom. The summed E-state index contributed by atoms with van der Waals surface area (Å²) in [6.07, 6.45) is 2.43. The van der Waals surface area contributed by atoms with Crippen molar-refractivity contribution >= 4 is 27.3 Å². The van der Waals surface area contributed by atoms with Gasteiger partial charge in [-0.25, -0.2) is 8.42 Å². The summed E-state index contributed by atoms with van der Waals surface area (Å²) in [5.41, 5.74) is 3.58. The first-order chi connectivity index (χ1) is 12.5. The van der Waals surface area contributed by atoms with E-state index in [0.29, 0.717) is 6.54 Å². The Kier molecular flexibility index (Phi) is 5.61. The van der Waals surface area contributed by atoms with Crippen LogP contribution in [0.4, 0.5) is 11.4 Å². The highest BCUT2D eigenvalue weighted by atomic mass is 32.2. The van der Waals surface area contributed by atoms with Crippen LogP contribution in [0.3, 0.4) is 0 Å². The van der Waals surface area contributed by atoms with E-state index in [0.717, 1.165) is 41.8 Å². The highest BCUT2D eigenvalue weighted by Crippen LogP contribution is 2.29. The number of rotatable bonds is 6. The molecular formula is C20H24N2O3S. The number of benzene rings is 2. The second-order valence-corrected chi connectivity index (χ2v) is 8.44. The molecule has 0 spiro atoms. The third kappa shape index (κ3) is 4.07. The molecule has 0 unspecified atom stereocenters. The van der Waals surface area contributed by atoms with Crippen molar-refractivity contribution in [3.05, 3.63) is 59.7 Å². The monoisotopic (exact) mass is 372 g/mol. The van der Waals surface area contributed by atoms with Crippen LogP contribution < -0.4 is 9.62 Å². The number of fused-ring (bicyclic) bond motifs is 1. The van der Waals surface area contributed by atoms with Gasteiger partial charge in [-0.05, 0) is 42.5 Å². The van der Waals surface area contributed by atoms with E-state index in [9.17, 15) is 13.2 Å². The lowest BCUT2D eigenvalue weighted by atomic mass is 10.0. The quantitative estimate of drug-likeness (QED) is 0.845. The number of para-hydroxylation sites is 2. The molecule has 26 heavy (non-hydrogen) atoms. The molecule has 2 aromatic rings. The highest BCUT2D eigenvalue weighted by Gasteiger charge is 2.27. The Morgan fingerprint density at radius 2 is 1.85 bits per heavy atom. The summed E-state index contributed by atoms with van der Waals surface area (Å²) in [5.74, 6) is -0.471. The fourth-order valence-corrected chi connectivity index (χ4v) is 4.83. The summed E-state index contributed by atoms with van der Waals surface area (Å²) in [5, 5.41) is 2.83. The van der Waals surface area contributed by atoms with Gasteiger partial charge in [0.25, 0.3) is 0 Å². The van der Waals surface area contributed by atoms with Crippen LogP contribution in [0, 0.1) is 0 Å². The van der Waals surface area contributed by atoms with Gasteiger partial charge in [0, 0.05) is 18.7 Å². The van der Waals surface area contributed by atoms with Crippen molar-refractivity contribution in [2.45, 2.75) is 32.6 Å². The van der Waals surface area contributed by atoms with E-state index in [1.165, 1.54) is 4.31 Å². The maximum atomic E-state index is 12.8. The average Bonchev–Trinajstić information content (AvgIpc) is 2.66. The van der Waals surface area contributed by atoms with E-state index in [1.807, 2.05) is 55.5 Å². The van der Waals surface area contributed by atoms with E-state index < -0.39 is 10.0 Å². The van der Waals surface area contributed by atoms with Gasteiger partial charge < -0.3 is 5.32 Å². The van der Waals surface area contributed by atoms with E-state index in [-0.39, 0.29) is 18.1 Å². The summed E-state index contributed by atoms with van der Waals surface area (Å²) in [4.78, 5) is 12.3. The minimum Gasteiger partial charge on any atom is -0.326 e. The van der Waals surface area contributed by atoms with Gasteiger partial charge in [-0.1, -0.05) is 43.3 Å². The van der Waals surface area contributed by atoms with Crippen LogP contribution in [0.1, 0.15) is 30.9 Å². The van der Waals surface area contributed by atoms with Gasteiger partial charge in [0.05, 0.1) is 11.4 Å². The normalized spacial score (nSPS) is 14.0. The number of nitrogens with zero attached hydrogens (tertiary/aromatic N) is 1. The van der Waals surface area contributed by atoms with Crippen molar-refractivity contribution in [3.8, 4) is 0 Å². The Balaban J connectivity index is 1.66. The zero-order valence-corrected chi connectivity index (χ0v) is 15.8. The molecule has 5 nitrogen and oxygen atoms in total. The molecule has 0 radical (unpaired) electrons. The molecule has 3 rings (SSSR count). The molecule has 1 N–H and O–H groups in total. The number of hydrogen-bond donors (Lipinski definition) is 1. The van der Waals surface area contributed by atoms with Gasteiger partial charge in [0.2, 0.25) is 15.9 Å². The molecule has 0 atom stereocenters. The molecule has 2 aromatic carbocycles. The predicted octanol–water partition coefficient (Wildman–Crippen LogP) is 3.36. The standard InChI is InChI=1S/C20H24N2O3S/c1-2-16-8-3-5-11-18(16)21-20(23)13-15-26(24,25)22-14-7-10-17-9-4-6-12-19(17)22/h3-6,8-9,11-12H,2,7,10,13-15H2,1H3,(H,21,23). The third-order valence-corrected chi connectivity index (χ3v) is 6.43. The molecule has 6 heteroatoms. The van der Waals surface area contributed by atoms with Gasteiger partial charge >= 0.3 is 0 Å². The van der Waals surface area contributed by atoms with E-state index in [4.69, 9.17) is 0 Å². The van der Waals surface area contributed by atoms with Crippen LogP contribution in [0.2, 0.25) is 0 Å². The SMILES string of the molecule is CCc1ccccc1NC(=O)CCS(=O)(=O)N1CCCc2ccccc21. The molecule has 1 aliphatic rings. The number of aryl methyl sites for hydroxylation is 2. The van der Waals surface area contributed by atoms with Crippen LogP contribution in [0.5, 0.6) is 0 Å². The molecule has 138 valence electrons. The van der Waals surface area contributed by atoms with Crippen molar-refractivity contribution in [1.29, 1.82) is 0 Å². The van der Waals surface area contributed by atoms with Crippen LogP contribution in [-0.2, 0) is 27.7 Å². The summed E-state index contributed by atoms with van der Waals surface area (Å²) in [6, 6.07) is 15.1. The number of anilines is 2. The first-order valence-electron chi connectivity index (χ1n) is 8.97. The third-order valence-electron chi connectivity index (χ3n) is 4.66. The fraction of sp³-hybridized carbons (Fsp3) is 0.350. The van der Waals surface area contributed by atoms with Gasteiger partial charge in [-0.2, -0.15) is 0 Å². The molecular weight excluding hydrogens is 348 g/mol. The second-order valence-electron chi connectivity index (χ2n) is 6.43. The van der Waals surface area contributed by atoms with Gasteiger partial charge in [-0.3, -0.25) is 9.10 Å². The Morgan fingerprint density at radius 3 is 2.65 bits per heavy atom. The lowest BCUT2D eigenvalue weighted by Crippen LogP contribution is -2.37. The van der Waals surface area contributed by atoms with Crippen LogP contribution in [-0.4, -0.2) is 26.6 Å². The summed E-state index contributed by atoms with van der Waals surface area (Å²) < 4.78 is 27.0. The number of nitrogens with one attached hydrogen (secondary N) is 1. The number of carbonyl (C=O) groups is 1. The first-order valence-corrected chi connectivity index (χ1v) is 10.6. The van der Waals surface area contributed by atoms with Crippen molar-refractivity contribution in [1.82, 2.24) is 0 Å². The zero-order chi connectivity index (χ0) is 18.6. The fourth-order valence-electron chi connectivity index (χ4n) is 3.28. The maximum Gasteiger partial charge on any atom is 0.235 e. The van der Waals surface area contributed by atoms with Gasteiger partial charge in [0.1, 0.15) is 0 Å². The van der Waals surface area contributed by atoms with Crippen LogP contribution in [0.15, 0.2) is 48.5 Å². The smallest absolute Gasteiger partial charge is 0.235 e. The van der Waals surface area contributed by atoms with E-state index in [1.54, 1.807) is 0 Å². The minimum absolute atomic E-state index is 0.0565. The Bertz CT molecular complexity index is 893. The molecule has 0 fully saturated rings. The number of sulfonamides is 1. The summed E-state index contributed by atoms with van der Waals surface area (Å²) >= 11 is 0. The topological polar surface area (TPSA) is 66.5 Å². The highest BCUT2D eigenvalue weighted by molar-refractivity contribution is 7.92. The second kappa shape index (κ2) is 7.91. The molecule has 0 aromatic heterocycles. The molecule has 1 heterocycles. The Labute approximate surface area is 155 Å². The molecule has 0 saturated heterocycles. The van der Waals surface area contributed by atoms with Crippen molar-refractivity contribution in [2.24, 2.45) is 0 Å². The zero-order valence-electron chi connectivity index (χ0n) is 14.9. The predicted molar refractivity (Wildman–Crippen MR) is 105 cm³/mol. The molecule has 0 bridgehead atoms. The largest absolute Gasteiger partial charge is 0.326 e. The van der Waals surface area contributed by atoms with Crippen molar-refractivity contribution < 1.29 is 13.2 Å². The van der Waals surface area contributed by atoms with E-state index in [2.05, 4.69) is 5.32 Å². The van der Waals surface area contributed by atoms with E-state index >= 15 is 0 Å². The van der Waals surface area contributed by atoms with Crippen molar-refractivity contribution in [2.75, 3.05) is 21.9 Å². The minimum atomic E-state index is -3.53. The number of carbonyl (C=O) groups excluding carboxylic acids is 1. The molecule has 1 amide bonds. The van der Waals surface area contributed by atoms with Crippen LogP contribution >= 0.6 is 0 Å². The van der Waals surface area contributed by atoms with Crippen LogP contribution in [0.25, 0.3) is 0 Å². The number of hydrogen-bond acceptors (Lipinski definition) is 3. The first kappa shape index (κ1) is 18.5. The lowest BCUT2D eigenvalue weighted by Gasteiger charge is -2.30.